The zero-order valence-corrected chi connectivity index (χ0v) is 68.1. The molecule has 0 aliphatic rings. The van der Waals surface area contributed by atoms with E-state index in [2.05, 4.69) is 174 Å². The minimum atomic E-state index is -5.00. The fourth-order valence-electron chi connectivity index (χ4n) is 10.7. The van der Waals surface area contributed by atoms with Gasteiger partial charge in [-0.25, -0.2) is 9.13 Å². The first-order chi connectivity index (χ1) is 51.7. The molecular weight excluding hydrogens is 1380 g/mol. The maximum Gasteiger partial charge on any atom is 0.472 e. The third kappa shape index (κ3) is 77.1. The van der Waals surface area contributed by atoms with Gasteiger partial charge in [-0.1, -0.05) is 302 Å². The lowest BCUT2D eigenvalue weighted by atomic mass is 10.0. The van der Waals surface area contributed by atoms with Gasteiger partial charge in [0.1, 0.15) is 19.3 Å². The van der Waals surface area contributed by atoms with Gasteiger partial charge >= 0.3 is 39.5 Å². The van der Waals surface area contributed by atoms with Crippen molar-refractivity contribution in [2.24, 2.45) is 0 Å². The molecule has 0 heterocycles. The quantitative estimate of drug-likeness (QED) is 0.0169. The summed E-state index contributed by atoms with van der Waals surface area (Å²) in [5.41, 5.74) is 0. The first kappa shape index (κ1) is 101. The van der Waals surface area contributed by atoms with Crippen molar-refractivity contribution in [2.45, 2.75) is 341 Å². The molecule has 0 bridgehead atoms. The Morgan fingerprint density at radius 1 is 0.274 bits per heavy atom. The van der Waals surface area contributed by atoms with E-state index in [9.17, 15) is 43.2 Å². The highest BCUT2D eigenvalue weighted by Crippen LogP contribution is 2.45. The highest BCUT2D eigenvalue weighted by molar-refractivity contribution is 7.47. The Morgan fingerprint density at radius 3 is 0.764 bits per heavy atom. The number of esters is 4. The molecule has 0 fully saturated rings. The number of hydrogen-bond donors (Lipinski definition) is 3. The van der Waals surface area contributed by atoms with Gasteiger partial charge in [0.2, 0.25) is 0 Å². The van der Waals surface area contributed by atoms with Crippen molar-refractivity contribution >= 4 is 39.5 Å². The number of rotatable bonds is 76. The van der Waals surface area contributed by atoms with E-state index in [1.807, 2.05) is 0 Å². The van der Waals surface area contributed by atoms with Gasteiger partial charge in [0, 0.05) is 25.7 Å². The van der Waals surface area contributed by atoms with E-state index in [1.165, 1.54) is 51.4 Å². The van der Waals surface area contributed by atoms with E-state index in [-0.39, 0.29) is 25.7 Å². The zero-order chi connectivity index (χ0) is 77.4. The van der Waals surface area contributed by atoms with Crippen LogP contribution in [0.2, 0.25) is 0 Å². The average Bonchev–Trinajstić information content (AvgIpc) is 0.933. The molecule has 5 unspecified atom stereocenters. The van der Waals surface area contributed by atoms with Crippen LogP contribution in [0.3, 0.4) is 0 Å². The number of allylic oxidation sites excluding steroid dienone is 24. The lowest BCUT2D eigenvalue weighted by Crippen LogP contribution is -2.30. The zero-order valence-electron chi connectivity index (χ0n) is 66.3. The van der Waals surface area contributed by atoms with E-state index >= 15 is 0 Å². The smallest absolute Gasteiger partial charge is 0.462 e. The molecule has 0 rings (SSSR count). The molecule has 0 saturated heterocycles. The summed E-state index contributed by atoms with van der Waals surface area (Å²) in [7, 11) is -9.98. The molecule has 106 heavy (non-hydrogen) atoms. The van der Waals surface area contributed by atoms with Gasteiger partial charge in [0.25, 0.3) is 0 Å². The number of phosphoric acid groups is 2. The van der Waals surface area contributed by atoms with Crippen LogP contribution in [-0.2, 0) is 65.4 Å². The summed E-state index contributed by atoms with van der Waals surface area (Å²) in [5.74, 6) is -2.24. The molecule has 19 heteroatoms. The molecule has 0 aliphatic carbocycles. The lowest BCUT2D eigenvalue weighted by Gasteiger charge is -2.21. The Bertz CT molecular complexity index is 2580. The number of unbranched alkanes of at least 4 members (excludes halogenated alkanes) is 26. The summed E-state index contributed by atoms with van der Waals surface area (Å²) in [5, 5.41) is 10.7. The molecule has 5 atom stereocenters. The second-order valence-corrected chi connectivity index (χ2v) is 29.8. The molecular formula is C87H146O17P2. The molecule has 0 amide bonds. The second-order valence-electron chi connectivity index (χ2n) is 26.9. The maximum absolute atomic E-state index is 13.1. The van der Waals surface area contributed by atoms with E-state index in [0.717, 1.165) is 193 Å². The maximum atomic E-state index is 13.1. The van der Waals surface area contributed by atoms with E-state index in [1.54, 1.807) is 0 Å². The first-order valence-corrected chi connectivity index (χ1v) is 44.1. The normalized spacial score (nSPS) is 14.6. The third-order valence-corrected chi connectivity index (χ3v) is 18.7. The standard InChI is InChI=1S/C87H146O17P2/c1-5-9-13-17-21-25-29-33-36-38-40-42-45-48-51-55-59-63-67-71-84(89)97-77-82(103-86(91)73-69-65-61-57-53-47-32-28-24-20-16-12-8-4)79-101-105(93,94)99-75-81(88)76-100-106(95,96)102-80-83(104-87(92)74-70-66-62-58-54-50-44-35-31-27-23-19-15-11-7-3)78-98-85(90)72-68-64-60-56-52-49-46-43-41-39-37-34-30-26-22-18-14-10-6-2/h9-11,13-15,21-23,25-27,33-37,40-44,49,52,81-83,88H,5-8,12,16-20,24,28-32,38-39,45-48,50-51,53-80H2,1-4H3,(H,93,94)(H,95,96)/b13-9-,14-10-,15-11-,25-21-,26-22-,27-23-,36-33-,37-34-,42-40-,43-41-,44-35-,52-49-. The van der Waals surface area contributed by atoms with Gasteiger partial charge in [-0.15, -0.1) is 0 Å². The van der Waals surface area contributed by atoms with Gasteiger partial charge < -0.3 is 33.8 Å². The average molecular weight is 1530 g/mol. The third-order valence-electron chi connectivity index (χ3n) is 16.8. The van der Waals surface area contributed by atoms with Crippen LogP contribution in [0.25, 0.3) is 0 Å². The number of phosphoric ester groups is 2. The molecule has 0 aromatic rings. The summed E-state index contributed by atoms with van der Waals surface area (Å²) in [6.07, 6.45) is 89.6. The number of carbonyl (C=O) groups excluding carboxylic acids is 4. The van der Waals surface area contributed by atoms with Crippen molar-refractivity contribution in [3.8, 4) is 0 Å². The van der Waals surface area contributed by atoms with Crippen LogP contribution in [0.15, 0.2) is 146 Å². The summed E-state index contributed by atoms with van der Waals surface area (Å²) in [6.45, 7) is 4.49. The molecule has 606 valence electrons. The lowest BCUT2D eigenvalue weighted by molar-refractivity contribution is -0.161. The van der Waals surface area contributed by atoms with Gasteiger partial charge in [-0.05, 0) is 141 Å². The van der Waals surface area contributed by atoms with Gasteiger partial charge in [-0.2, -0.15) is 0 Å². The molecule has 0 aromatic carbocycles. The van der Waals surface area contributed by atoms with Crippen LogP contribution in [0.4, 0.5) is 0 Å². The molecule has 0 saturated carbocycles. The summed E-state index contributed by atoms with van der Waals surface area (Å²) in [4.78, 5) is 73.1. The number of ether oxygens (including phenoxy) is 4. The predicted molar refractivity (Wildman–Crippen MR) is 436 cm³/mol. The van der Waals surface area contributed by atoms with Crippen molar-refractivity contribution in [3.05, 3.63) is 146 Å². The Morgan fingerprint density at radius 2 is 0.491 bits per heavy atom. The minimum absolute atomic E-state index is 0.0641. The number of carbonyl (C=O) groups is 4. The van der Waals surface area contributed by atoms with Crippen LogP contribution < -0.4 is 0 Å². The van der Waals surface area contributed by atoms with Crippen LogP contribution in [0, 0.1) is 0 Å². The van der Waals surface area contributed by atoms with Gasteiger partial charge in [0.05, 0.1) is 26.4 Å². The molecule has 0 aliphatic heterocycles. The molecule has 0 aromatic heterocycles. The Hall–Kier alpha value is -5.06. The minimum Gasteiger partial charge on any atom is -0.462 e. The van der Waals surface area contributed by atoms with Crippen molar-refractivity contribution in [2.75, 3.05) is 39.6 Å². The summed E-state index contributed by atoms with van der Waals surface area (Å²) in [6, 6.07) is 0. The van der Waals surface area contributed by atoms with Crippen LogP contribution in [0.1, 0.15) is 323 Å². The SMILES string of the molecule is CC/C=C\C/C=C\C/C=C\C/C=C\C/C=C\CCCCCC(=O)OCC(COP(=O)(O)OCC(O)COP(=O)(O)OCC(COC(=O)CCCCCCCC/C=C\C/C=C\C/C=C\C/C=C\CC)OC(=O)CCCCCCCCCCCCCCC)OC(=O)CCCCCCC/C=C\C/C=C\C/C=C\CC. The van der Waals surface area contributed by atoms with Crippen LogP contribution in [-0.4, -0.2) is 96.7 Å². The molecule has 0 spiro atoms. The van der Waals surface area contributed by atoms with Crippen molar-refractivity contribution in [1.82, 2.24) is 0 Å². The van der Waals surface area contributed by atoms with E-state index in [4.69, 9.17) is 37.0 Å². The molecule has 17 nitrogen and oxygen atoms in total. The van der Waals surface area contributed by atoms with E-state index < -0.39 is 97.5 Å². The first-order valence-electron chi connectivity index (χ1n) is 41.1. The fourth-order valence-corrected chi connectivity index (χ4v) is 12.2. The highest BCUT2D eigenvalue weighted by Gasteiger charge is 2.30. The Labute approximate surface area is 643 Å². The van der Waals surface area contributed by atoms with Crippen LogP contribution in [0.5, 0.6) is 0 Å². The summed E-state index contributed by atoms with van der Waals surface area (Å²) < 4.78 is 68.7. The number of aliphatic hydroxyl groups is 1. The fraction of sp³-hybridized carbons (Fsp3) is 0.678. The largest absolute Gasteiger partial charge is 0.472 e. The van der Waals surface area contributed by atoms with Crippen molar-refractivity contribution in [1.29, 1.82) is 0 Å². The van der Waals surface area contributed by atoms with Gasteiger partial charge in [0.15, 0.2) is 12.2 Å². The topological polar surface area (TPSA) is 237 Å². The number of aliphatic hydroxyl groups excluding tert-OH is 1. The molecule has 3 N–H and O–H groups in total. The van der Waals surface area contributed by atoms with Gasteiger partial charge in [-0.3, -0.25) is 37.3 Å². The highest BCUT2D eigenvalue weighted by atomic mass is 31.2. The summed E-state index contributed by atoms with van der Waals surface area (Å²) >= 11 is 0. The monoisotopic (exact) mass is 1530 g/mol. The number of hydrogen-bond acceptors (Lipinski definition) is 15. The van der Waals surface area contributed by atoms with E-state index in [0.29, 0.717) is 25.7 Å². The van der Waals surface area contributed by atoms with Crippen molar-refractivity contribution in [3.63, 3.8) is 0 Å². The Balaban J connectivity index is 5.40. The predicted octanol–water partition coefficient (Wildman–Crippen LogP) is 24.2. The van der Waals surface area contributed by atoms with Crippen molar-refractivity contribution < 1.29 is 80.2 Å². The Kier molecular flexibility index (Phi) is 74.3. The molecule has 0 radical (unpaired) electrons. The van der Waals surface area contributed by atoms with Crippen LogP contribution >= 0.6 is 15.6 Å². The second kappa shape index (κ2) is 78.1.